The number of aliphatic hydroxyl groups is 2. The van der Waals surface area contributed by atoms with Gasteiger partial charge in [-0.3, -0.25) is 9.59 Å². The van der Waals surface area contributed by atoms with Gasteiger partial charge in [0, 0.05) is 12.8 Å². The van der Waals surface area contributed by atoms with Crippen LogP contribution >= 0.6 is 0 Å². The second-order valence-electron chi connectivity index (χ2n) is 16.8. The topological polar surface area (TPSA) is 95.9 Å². The van der Waals surface area contributed by atoms with Crippen LogP contribution in [0.25, 0.3) is 0 Å². The second kappa shape index (κ2) is 46.0. The van der Waals surface area contributed by atoms with E-state index in [1.54, 1.807) is 0 Å². The maximum Gasteiger partial charge on any atom is 0.305 e. The van der Waals surface area contributed by atoms with Crippen LogP contribution in [0.3, 0.4) is 0 Å². The Kier molecular flexibility index (Phi) is 44.7. The predicted octanol–water partition coefficient (Wildman–Crippen LogP) is 14.3. The number of ether oxygens (including phenoxy) is 1. The number of allylic oxidation sites excluding steroid dienone is 4. The molecule has 330 valence electrons. The van der Waals surface area contributed by atoms with Gasteiger partial charge in [0.25, 0.3) is 0 Å². The number of nitrogens with one attached hydrogen (secondary N) is 1. The van der Waals surface area contributed by atoms with Crippen molar-refractivity contribution in [1.82, 2.24) is 5.32 Å². The predicted molar refractivity (Wildman–Crippen MR) is 241 cm³/mol. The van der Waals surface area contributed by atoms with Crippen molar-refractivity contribution in [2.75, 3.05) is 13.2 Å². The Morgan fingerprint density at radius 1 is 0.482 bits per heavy atom. The minimum Gasteiger partial charge on any atom is -0.466 e. The lowest BCUT2D eigenvalue weighted by Crippen LogP contribution is -2.45. The van der Waals surface area contributed by atoms with Crippen molar-refractivity contribution >= 4 is 11.9 Å². The summed E-state index contributed by atoms with van der Waals surface area (Å²) in [5.74, 6) is -0.0724. The normalized spacial score (nSPS) is 12.9. The minimum atomic E-state index is -0.672. The Labute approximate surface area is 348 Å². The van der Waals surface area contributed by atoms with E-state index < -0.39 is 12.1 Å². The lowest BCUT2D eigenvalue weighted by atomic mass is 10.0. The van der Waals surface area contributed by atoms with Gasteiger partial charge in [-0.25, -0.2) is 0 Å². The van der Waals surface area contributed by atoms with Crippen LogP contribution in [0.4, 0.5) is 0 Å². The van der Waals surface area contributed by atoms with Crippen LogP contribution in [0.15, 0.2) is 24.3 Å². The van der Waals surface area contributed by atoms with Gasteiger partial charge in [0.1, 0.15) is 0 Å². The molecule has 0 aliphatic rings. The fourth-order valence-electron chi connectivity index (χ4n) is 7.39. The van der Waals surface area contributed by atoms with E-state index in [1.165, 1.54) is 154 Å². The first kappa shape index (κ1) is 54.3. The molecule has 0 aromatic heterocycles. The fourth-order valence-corrected chi connectivity index (χ4v) is 7.39. The summed E-state index contributed by atoms with van der Waals surface area (Å²) in [7, 11) is 0. The van der Waals surface area contributed by atoms with Gasteiger partial charge < -0.3 is 20.3 Å². The molecule has 0 aromatic rings. The number of hydrogen-bond acceptors (Lipinski definition) is 5. The molecule has 0 spiro atoms. The van der Waals surface area contributed by atoms with E-state index in [-0.39, 0.29) is 18.5 Å². The number of esters is 1. The molecule has 6 nitrogen and oxygen atoms in total. The number of hydrogen-bond donors (Lipinski definition) is 3. The molecule has 1 amide bonds. The van der Waals surface area contributed by atoms with Crippen LogP contribution in [-0.2, 0) is 14.3 Å². The zero-order valence-corrected chi connectivity index (χ0v) is 37.4. The van der Waals surface area contributed by atoms with Crippen molar-refractivity contribution in [3.8, 4) is 0 Å². The minimum absolute atomic E-state index is 0.0207. The summed E-state index contributed by atoms with van der Waals surface area (Å²) >= 11 is 0. The highest BCUT2D eigenvalue weighted by atomic mass is 16.5. The Balaban J connectivity index is 3.49. The molecule has 0 aliphatic carbocycles. The van der Waals surface area contributed by atoms with Gasteiger partial charge in [-0.15, -0.1) is 0 Å². The number of unbranched alkanes of at least 4 members (excludes halogenated alkanes) is 30. The molecule has 0 radical (unpaired) electrons. The SMILES string of the molecule is CCCCC/C=C\CCCCCCCC(=O)OCCCCCC/C=C\CCCCCCCCCC(=O)NC(CO)C(O)CCCCCCCCCCCCCC. The summed E-state index contributed by atoms with van der Waals surface area (Å²) in [4.78, 5) is 24.4. The molecular weight excluding hydrogens is 695 g/mol. The van der Waals surface area contributed by atoms with Gasteiger partial charge in [-0.2, -0.15) is 0 Å². The maximum atomic E-state index is 12.4. The zero-order chi connectivity index (χ0) is 40.8. The van der Waals surface area contributed by atoms with E-state index in [2.05, 4.69) is 43.5 Å². The van der Waals surface area contributed by atoms with Crippen LogP contribution in [0.1, 0.15) is 258 Å². The standard InChI is InChI=1S/C50H95NO5/c1-3-5-7-9-11-13-15-22-26-30-34-38-42-48(53)47(46-52)51-49(54)43-39-35-31-27-23-20-18-17-19-21-25-29-33-37-41-45-56-50(55)44-40-36-32-28-24-16-14-12-10-8-6-4-2/h12,14,19,21,47-48,52-53H,3-11,13,15-18,20,22-46H2,1-2H3,(H,51,54)/b14-12-,21-19-. The van der Waals surface area contributed by atoms with Gasteiger partial charge >= 0.3 is 5.97 Å². The Morgan fingerprint density at radius 2 is 0.839 bits per heavy atom. The summed E-state index contributed by atoms with van der Waals surface area (Å²) in [6.07, 6.45) is 52.8. The molecule has 0 aliphatic heterocycles. The number of rotatable bonds is 45. The highest BCUT2D eigenvalue weighted by molar-refractivity contribution is 5.76. The molecule has 2 atom stereocenters. The number of carbonyl (C=O) groups is 2. The second-order valence-corrected chi connectivity index (χ2v) is 16.8. The summed E-state index contributed by atoms with van der Waals surface area (Å²) in [5.41, 5.74) is 0. The fraction of sp³-hybridized carbons (Fsp3) is 0.880. The van der Waals surface area contributed by atoms with Crippen molar-refractivity contribution < 1.29 is 24.5 Å². The molecule has 0 saturated heterocycles. The van der Waals surface area contributed by atoms with Crippen molar-refractivity contribution in [2.24, 2.45) is 0 Å². The quantitative estimate of drug-likeness (QED) is 0.0324. The molecule has 3 N–H and O–H groups in total. The Morgan fingerprint density at radius 3 is 1.30 bits per heavy atom. The number of carbonyl (C=O) groups excluding carboxylic acids is 2. The third-order valence-corrected chi connectivity index (χ3v) is 11.2. The van der Waals surface area contributed by atoms with E-state index in [0.29, 0.717) is 25.9 Å². The smallest absolute Gasteiger partial charge is 0.305 e. The molecule has 0 bridgehead atoms. The van der Waals surface area contributed by atoms with Gasteiger partial charge in [-0.05, 0) is 77.0 Å². The third-order valence-electron chi connectivity index (χ3n) is 11.2. The molecular formula is C50H95NO5. The highest BCUT2D eigenvalue weighted by Crippen LogP contribution is 2.15. The van der Waals surface area contributed by atoms with Gasteiger partial charge in [0.05, 0.1) is 25.4 Å². The lowest BCUT2D eigenvalue weighted by molar-refractivity contribution is -0.143. The first-order valence-electron chi connectivity index (χ1n) is 24.6. The molecule has 0 saturated carbocycles. The van der Waals surface area contributed by atoms with Crippen molar-refractivity contribution in [1.29, 1.82) is 0 Å². The van der Waals surface area contributed by atoms with Crippen LogP contribution < -0.4 is 5.32 Å². The van der Waals surface area contributed by atoms with Crippen LogP contribution in [0.5, 0.6) is 0 Å². The van der Waals surface area contributed by atoms with Crippen LogP contribution in [0.2, 0.25) is 0 Å². The van der Waals surface area contributed by atoms with E-state index in [4.69, 9.17) is 4.74 Å². The van der Waals surface area contributed by atoms with Gasteiger partial charge in [0.2, 0.25) is 5.91 Å². The van der Waals surface area contributed by atoms with Crippen molar-refractivity contribution in [3.05, 3.63) is 24.3 Å². The van der Waals surface area contributed by atoms with E-state index in [0.717, 1.165) is 70.6 Å². The molecule has 0 rings (SSSR count). The van der Waals surface area contributed by atoms with E-state index in [9.17, 15) is 19.8 Å². The monoisotopic (exact) mass is 790 g/mol. The Hall–Kier alpha value is -1.66. The molecule has 56 heavy (non-hydrogen) atoms. The molecule has 0 fully saturated rings. The van der Waals surface area contributed by atoms with Crippen molar-refractivity contribution in [3.63, 3.8) is 0 Å². The molecule has 0 heterocycles. The average Bonchev–Trinajstić information content (AvgIpc) is 3.20. The first-order chi connectivity index (χ1) is 27.5. The summed E-state index contributed by atoms with van der Waals surface area (Å²) in [6, 6.07) is -0.551. The zero-order valence-electron chi connectivity index (χ0n) is 37.4. The van der Waals surface area contributed by atoms with E-state index in [1.807, 2.05) is 0 Å². The number of aliphatic hydroxyl groups excluding tert-OH is 2. The third kappa shape index (κ3) is 42.0. The largest absolute Gasteiger partial charge is 0.466 e. The summed E-state index contributed by atoms with van der Waals surface area (Å²) in [6.45, 7) is 4.88. The maximum absolute atomic E-state index is 12.4. The van der Waals surface area contributed by atoms with Crippen LogP contribution in [-0.4, -0.2) is 47.4 Å². The highest BCUT2D eigenvalue weighted by Gasteiger charge is 2.20. The summed E-state index contributed by atoms with van der Waals surface area (Å²) in [5, 5.41) is 23.1. The van der Waals surface area contributed by atoms with Crippen molar-refractivity contribution in [2.45, 2.75) is 270 Å². The van der Waals surface area contributed by atoms with Gasteiger partial charge in [0.15, 0.2) is 0 Å². The Bertz CT molecular complexity index is 874. The number of amides is 1. The van der Waals surface area contributed by atoms with E-state index >= 15 is 0 Å². The molecule has 2 unspecified atom stereocenters. The molecule has 0 aromatic carbocycles. The summed E-state index contributed by atoms with van der Waals surface area (Å²) < 4.78 is 5.43. The molecule has 6 heteroatoms. The average molecular weight is 790 g/mol. The lowest BCUT2D eigenvalue weighted by Gasteiger charge is -2.22. The van der Waals surface area contributed by atoms with Gasteiger partial charge in [-0.1, -0.05) is 192 Å². The van der Waals surface area contributed by atoms with Crippen LogP contribution in [0, 0.1) is 0 Å². The first-order valence-corrected chi connectivity index (χ1v) is 24.6.